The maximum atomic E-state index is 11.5. The molecule has 6 nitrogen and oxygen atoms in total. The summed E-state index contributed by atoms with van der Waals surface area (Å²) >= 11 is 0. The monoisotopic (exact) mass is 256 g/mol. The Morgan fingerprint density at radius 1 is 1.39 bits per heavy atom. The fourth-order valence-corrected chi connectivity index (χ4v) is 1.75. The number of carbonyl (C=O) groups excluding carboxylic acids is 2. The van der Waals surface area contributed by atoms with Crippen molar-refractivity contribution >= 4 is 11.9 Å². The quantitative estimate of drug-likeness (QED) is 0.581. The SMILES string of the molecule is CC(C)(C)NC(=O)CCNCCN1CCNC1=O. The third kappa shape index (κ3) is 5.86. The van der Waals surface area contributed by atoms with Crippen molar-refractivity contribution in [3.8, 4) is 0 Å². The van der Waals surface area contributed by atoms with E-state index in [9.17, 15) is 9.59 Å². The number of hydrogen-bond acceptors (Lipinski definition) is 3. The fraction of sp³-hybridized carbons (Fsp3) is 0.833. The lowest BCUT2D eigenvalue weighted by Crippen LogP contribution is -2.42. The van der Waals surface area contributed by atoms with Gasteiger partial charge in [-0.3, -0.25) is 4.79 Å². The number of hydrogen-bond donors (Lipinski definition) is 3. The van der Waals surface area contributed by atoms with Crippen molar-refractivity contribution < 1.29 is 9.59 Å². The molecule has 0 spiro atoms. The van der Waals surface area contributed by atoms with Crippen LogP contribution in [0.2, 0.25) is 0 Å². The molecule has 1 aliphatic heterocycles. The number of amides is 3. The lowest BCUT2D eigenvalue weighted by atomic mass is 10.1. The van der Waals surface area contributed by atoms with Crippen molar-refractivity contribution in [3.63, 3.8) is 0 Å². The second kappa shape index (κ2) is 6.58. The first-order valence-electron chi connectivity index (χ1n) is 6.43. The van der Waals surface area contributed by atoms with E-state index in [0.717, 1.165) is 19.6 Å². The highest BCUT2D eigenvalue weighted by molar-refractivity contribution is 5.77. The molecule has 0 aliphatic carbocycles. The molecule has 1 fully saturated rings. The lowest BCUT2D eigenvalue weighted by molar-refractivity contribution is -0.122. The Labute approximate surface area is 108 Å². The van der Waals surface area contributed by atoms with Crippen LogP contribution in [0.25, 0.3) is 0 Å². The average molecular weight is 256 g/mol. The van der Waals surface area contributed by atoms with Gasteiger partial charge in [-0.2, -0.15) is 0 Å². The van der Waals surface area contributed by atoms with Crippen molar-refractivity contribution in [2.45, 2.75) is 32.7 Å². The van der Waals surface area contributed by atoms with Crippen LogP contribution in [0.15, 0.2) is 0 Å². The predicted octanol–water partition coefficient (Wildman–Crippen LogP) is -0.0940. The minimum Gasteiger partial charge on any atom is -0.351 e. The second-order valence-electron chi connectivity index (χ2n) is 5.52. The molecule has 0 aromatic heterocycles. The summed E-state index contributed by atoms with van der Waals surface area (Å²) in [6.45, 7) is 9.43. The molecule has 0 aromatic rings. The van der Waals surface area contributed by atoms with Gasteiger partial charge >= 0.3 is 6.03 Å². The van der Waals surface area contributed by atoms with Gasteiger partial charge < -0.3 is 20.9 Å². The molecule has 1 saturated heterocycles. The van der Waals surface area contributed by atoms with Crippen molar-refractivity contribution in [1.82, 2.24) is 20.9 Å². The Morgan fingerprint density at radius 2 is 2.11 bits per heavy atom. The van der Waals surface area contributed by atoms with Crippen molar-refractivity contribution in [2.24, 2.45) is 0 Å². The topological polar surface area (TPSA) is 73.5 Å². The molecular formula is C12H24N4O2. The summed E-state index contributed by atoms with van der Waals surface area (Å²) in [7, 11) is 0. The Bertz CT molecular complexity index is 299. The van der Waals surface area contributed by atoms with Crippen LogP contribution in [0, 0.1) is 0 Å². The summed E-state index contributed by atoms with van der Waals surface area (Å²) in [6.07, 6.45) is 0.462. The normalized spacial score (nSPS) is 15.7. The minimum atomic E-state index is -0.176. The number of carbonyl (C=O) groups is 2. The molecule has 3 N–H and O–H groups in total. The maximum absolute atomic E-state index is 11.5. The molecule has 1 aliphatic rings. The number of nitrogens with one attached hydrogen (secondary N) is 3. The molecule has 0 saturated carbocycles. The summed E-state index contributed by atoms with van der Waals surface area (Å²) in [5, 5.41) is 8.82. The van der Waals surface area contributed by atoms with Gasteiger partial charge in [0.05, 0.1) is 0 Å². The van der Waals surface area contributed by atoms with E-state index in [2.05, 4.69) is 16.0 Å². The summed E-state index contributed by atoms with van der Waals surface area (Å²) in [4.78, 5) is 24.5. The zero-order chi connectivity index (χ0) is 13.6. The van der Waals surface area contributed by atoms with E-state index in [0.29, 0.717) is 19.5 Å². The number of nitrogens with zero attached hydrogens (tertiary/aromatic N) is 1. The average Bonchev–Trinajstić information content (AvgIpc) is 2.61. The van der Waals surface area contributed by atoms with E-state index in [1.807, 2.05) is 20.8 Å². The maximum Gasteiger partial charge on any atom is 0.317 e. The Morgan fingerprint density at radius 3 is 2.67 bits per heavy atom. The largest absolute Gasteiger partial charge is 0.351 e. The molecule has 0 aromatic carbocycles. The van der Waals surface area contributed by atoms with Crippen molar-refractivity contribution in [2.75, 3.05) is 32.7 Å². The van der Waals surface area contributed by atoms with E-state index in [4.69, 9.17) is 0 Å². The van der Waals surface area contributed by atoms with E-state index >= 15 is 0 Å². The van der Waals surface area contributed by atoms with Crippen LogP contribution in [-0.2, 0) is 4.79 Å². The number of urea groups is 1. The highest BCUT2D eigenvalue weighted by atomic mass is 16.2. The standard InChI is InChI=1S/C12H24N4O2/c1-12(2,3)15-10(17)4-5-13-6-8-16-9-7-14-11(16)18/h13H,4-9H2,1-3H3,(H,14,18)(H,15,17). The molecule has 0 unspecified atom stereocenters. The lowest BCUT2D eigenvalue weighted by Gasteiger charge is -2.20. The van der Waals surface area contributed by atoms with Crippen LogP contribution in [-0.4, -0.2) is 55.1 Å². The Kier molecular flexibility index (Phi) is 5.40. The van der Waals surface area contributed by atoms with E-state index in [1.54, 1.807) is 4.90 Å². The van der Waals surface area contributed by atoms with Crippen LogP contribution in [0.1, 0.15) is 27.2 Å². The van der Waals surface area contributed by atoms with Gasteiger partial charge in [0, 0.05) is 44.7 Å². The van der Waals surface area contributed by atoms with Gasteiger partial charge in [0.2, 0.25) is 5.91 Å². The smallest absolute Gasteiger partial charge is 0.317 e. The molecule has 1 heterocycles. The molecule has 0 bridgehead atoms. The van der Waals surface area contributed by atoms with Gasteiger partial charge in [-0.1, -0.05) is 0 Å². The van der Waals surface area contributed by atoms with Gasteiger partial charge in [0.1, 0.15) is 0 Å². The van der Waals surface area contributed by atoms with E-state index in [1.165, 1.54) is 0 Å². The van der Waals surface area contributed by atoms with Crippen molar-refractivity contribution in [1.29, 1.82) is 0 Å². The highest BCUT2D eigenvalue weighted by Gasteiger charge is 2.18. The van der Waals surface area contributed by atoms with Gasteiger partial charge in [-0.15, -0.1) is 0 Å². The molecule has 3 amide bonds. The molecule has 0 atom stereocenters. The second-order valence-corrected chi connectivity index (χ2v) is 5.52. The van der Waals surface area contributed by atoms with Gasteiger partial charge in [-0.25, -0.2) is 4.79 Å². The molecule has 6 heteroatoms. The Balaban J connectivity index is 2.01. The molecule has 104 valence electrons. The first kappa shape index (κ1) is 14.8. The first-order chi connectivity index (χ1) is 8.38. The predicted molar refractivity (Wildman–Crippen MR) is 70.4 cm³/mol. The van der Waals surface area contributed by atoms with E-state index < -0.39 is 0 Å². The van der Waals surface area contributed by atoms with Gasteiger partial charge in [-0.05, 0) is 20.8 Å². The summed E-state index contributed by atoms with van der Waals surface area (Å²) in [6, 6.07) is 0.00211. The summed E-state index contributed by atoms with van der Waals surface area (Å²) in [5.74, 6) is 0.0499. The molecule has 18 heavy (non-hydrogen) atoms. The van der Waals surface area contributed by atoms with Crippen LogP contribution < -0.4 is 16.0 Å². The zero-order valence-electron chi connectivity index (χ0n) is 11.5. The van der Waals surface area contributed by atoms with Crippen LogP contribution >= 0.6 is 0 Å². The van der Waals surface area contributed by atoms with Crippen molar-refractivity contribution in [3.05, 3.63) is 0 Å². The fourth-order valence-electron chi connectivity index (χ4n) is 1.75. The third-order valence-corrected chi connectivity index (χ3v) is 2.55. The number of rotatable bonds is 6. The van der Waals surface area contributed by atoms with Crippen LogP contribution in [0.3, 0.4) is 0 Å². The molecule has 1 rings (SSSR count). The summed E-state index contributed by atoms with van der Waals surface area (Å²) < 4.78 is 0. The van der Waals surface area contributed by atoms with Gasteiger partial charge in [0.15, 0.2) is 0 Å². The van der Waals surface area contributed by atoms with E-state index in [-0.39, 0.29) is 17.5 Å². The Hall–Kier alpha value is -1.30. The molecular weight excluding hydrogens is 232 g/mol. The zero-order valence-corrected chi connectivity index (χ0v) is 11.5. The minimum absolute atomic E-state index is 0.00211. The third-order valence-electron chi connectivity index (χ3n) is 2.55. The van der Waals surface area contributed by atoms with Crippen LogP contribution in [0.4, 0.5) is 4.79 Å². The van der Waals surface area contributed by atoms with Gasteiger partial charge in [0.25, 0.3) is 0 Å². The molecule has 0 radical (unpaired) electrons. The first-order valence-corrected chi connectivity index (χ1v) is 6.43. The highest BCUT2D eigenvalue weighted by Crippen LogP contribution is 1.98. The summed E-state index contributed by atoms with van der Waals surface area (Å²) in [5.41, 5.74) is -0.176. The van der Waals surface area contributed by atoms with Crippen LogP contribution in [0.5, 0.6) is 0 Å².